The van der Waals surface area contributed by atoms with E-state index in [1.807, 2.05) is 17.9 Å². The van der Waals surface area contributed by atoms with Crippen molar-refractivity contribution < 1.29 is 0 Å². The van der Waals surface area contributed by atoms with Crippen molar-refractivity contribution >= 4 is 0 Å². The molecule has 0 bridgehead atoms. The molecule has 1 aromatic carbocycles. The molecule has 0 radical (unpaired) electrons. The molecule has 1 unspecified atom stereocenters. The van der Waals surface area contributed by atoms with E-state index in [0.29, 0.717) is 0 Å². The van der Waals surface area contributed by atoms with Crippen LogP contribution in [0.3, 0.4) is 0 Å². The second-order valence-corrected chi connectivity index (χ2v) is 5.41. The molecule has 102 valence electrons. The normalized spacial score (nSPS) is 14.3. The topological polar surface area (TPSA) is 43.8 Å². The molecule has 2 aromatic rings. The monoisotopic (exact) mass is 257 g/mol. The van der Waals surface area contributed by atoms with Gasteiger partial charge in [-0.15, -0.1) is 0 Å². The predicted octanol–water partition coefficient (Wildman–Crippen LogP) is 2.79. The third kappa shape index (κ3) is 3.24. The second kappa shape index (κ2) is 5.57. The average Bonchev–Trinajstić information content (AvgIpc) is 2.82. The number of nitrogens with two attached hydrogens (primary N) is 1. The van der Waals surface area contributed by atoms with Gasteiger partial charge in [-0.05, 0) is 43.4 Å². The van der Waals surface area contributed by atoms with Crippen molar-refractivity contribution in [2.45, 2.75) is 38.6 Å². The van der Waals surface area contributed by atoms with Crippen LogP contribution in [0.4, 0.5) is 0 Å². The number of rotatable bonds is 5. The minimum Gasteiger partial charge on any atom is -0.322 e. The summed E-state index contributed by atoms with van der Waals surface area (Å²) in [4.78, 5) is 0. The first-order valence-electron chi connectivity index (χ1n) is 6.88. The van der Waals surface area contributed by atoms with Crippen LogP contribution in [-0.4, -0.2) is 9.78 Å². The summed E-state index contributed by atoms with van der Waals surface area (Å²) in [5.74, 6) is 0. The molecule has 2 N–H and O–H groups in total. The van der Waals surface area contributed by atoms with Crippen molar-refractivity contribution in [3.63, 3.8) is 0 Å². The van der Waals surface area contributed by atoms with E-state index in [2.05, 4.69) is 49.3 Å². The quantitative estimate of drug-likeness (QED) is 0.895. The maximum absolute atomic E-state index is 6.47. The van der Waals surface area contributed by atoms with Crippen molar-refractivity contribution in [2.75, 3.05) is 0 Å². The van der Waals surface area contributed by atoms with Crippen LogP contribution in [0.5, 0.6) is 0 Å². The molecule has 0 saturated carbocycles. The summed E-state index contributed by atoms with van der Waals surface area (Å²) in [7, 11) is 1.97. The van der Waals surface area contributed by atoms with Gasteiger partial charge in [-0.25, -0.2) is 0 Å². The molecule has 3 heteroatoms. The number of aromatic nitrogens is 2. The third-order valence-electron chi connectivity index (χ3n) is 3.84. The molecule has 19 heavy (non-hydrogen) atoms. The lowest BCUT2D eigenvalue weighted by Gasteiger charge is -2.25. The van der Waals surface area contributed by atoms with E-state index in [-0.39, 0.29) is 5.54 Å². The number of aryl methyl sites for hydroxylation is 3. The van der Waals surface area contributed by atoms with Gasteiger partial charge in [0.2, 0.25) is 0 Å². The molecule has 1 atom stereocenters. The number of hydrogen-bond acceptors (Lipinski definition) is 2. The Bertz CT molecular complexity index is 523. The van der Waals surface area contributed by atoms with Gasteiger partial charge >= 0.3 is 0 Å². The number of hydrogen-bond donors (Lipinski definition) is 1. The van der Waals surface area contributed by atoms with Crippen molar-refractivity contribution in [1.29, 1.82) is 0 Å². The van der Waals surface area contributed by atoms with E-state index in [9.17, 15) is 0 Å². The molecule has 0 spiro atoms. The molecule has 2 rings (SSSR count). The van der Waals surface area contributed by atoms with Crippen LogP contribution in [-0.2, 0) is 25.4 Å². The predicted molar refractivity (Wildman–Crippen MR) is 78.9 cm³/mol. The molecule has 0 aliphatic carbocycles. The lowest BCUT2D eigenvalue weighted by molar-refractivity contribution is 0.445. The lowest BCUT2D eigenvalue weighted by Crippen LogP contribution is -2.33. The molecule has 0 saturated heterocycles. The van der Waals surface area contributed by atoms with Crippen LogP contribution in [0, 0.1) is 0 Å². The molecule has 0 aliphatic rings. The van der Waals surface area contributed by atoms with Crippen LogP contribution in [0.1, 0.15) is 37.1 Å². The summed E-state index contributed by atoms with van der Waals surface area (Å²) in [5, 5.41) is 4.19. The Balaban J connectivity index is 2.06. The molecule has 1 aromatic heterocycles. The highest BCUT2D eigenvalue weighted by Gasteiger charge is 2.21. The van der Waals surface area contributed by atoms with Crippen LogP contribution < -0.4 is 5.73 Å². The van der Waals surface area contributed by atoms with Gasteiger partial charge in [0, 0.05) is 24.5 Å². The Kier molecular flexibility index (Phi) is 4.05. The summed E-state index contributed by atoms with van der Waals surface area (Å²) in [6, 6.07) is 10.7. The minimum atomic E-state index is -0.295. The van der Waals surface area contributed by atoms with Crippen LogP contribution in [0.2, 0.25) is 0 Å². The Hall–Kier alpha value is -1.61. The zero-order chi connectivity index (χ0) is 13.9. The zero-order valence-corrected chi connectivity index (χ0v) is 12.1. The van der Waals surface area contributed by atoms with Gasteiger partial charge in [0.05, 0.1) is 0 Å². The molecule has 1 heterocycles. The largest absolute Gasteiger partial charge is 0.322 e. The van der Waals surface area contributed by atoms with Gasteiger partial charge in [-0.1, -0.05) is 31.2 Å². The Morgan fingerprint density at radius 1 is 1.21 bits per heavy atom. The third-order valence-corrected chi connectivity index (χ3v) is 3.84. The fraction of sp³-hybridized carbons (Fsp3) is 0.438. The molecule has 3 nitrogen and oxygen atoms in total. The van der Waals surface area contributed by atoms with Crippen LogP contribution in [0.25, 0.3) is 0 Å². The van der Waals surface area contributed by atoms with Crippen molar-refractivity contribution in [2.24, 2.45) is 12.8 Å². The van der Waals surface area contributed by atoms with Crippen molar-refractivity contribution in [1.82, 2.24) is 9.78 Å². The summed E-state index contributed by atoms with van der Waals surface area (Å²) in [6.45, 7) is 4.27. The van der Waals surface area contributed by atoms with E-state index >= 15 is 0 Å². The fourth-order valence-corrected chi connectivity index (χ4v) is 2.30. The second-order valence-electron chi connectivity index (χ2n) is 5.41. The Morgan fingerprint density at radius 3 is 2.42 bits per heavy atom. The van der Waals surface area contributed by atoms with Crippen LogP contribution >= 0.6 is 0 Å². The highest BCUT2D eigenvalue weighted by Crippen LogP contribution is 2.24. The first kappa shape index (κ1) is 13.8. The van der Waals surface area contributed by atoms with E-state index in [4.69, 9.17) is 5.73 Å². The van der Waals surface area contributed by atoms with E-state index < -0.39 is 0 Å². The molecule has 0 aliphatic heterocycles. The van der Waals surface area contributed by atoms with Gasteiger partial charge in [0.25, 0.3) is 0 Å². The highest BCUT2D eigenvalue weighted by atomic mass is 15.2. The number of benzene rings is 1. The number of nitrogens with zero attached hydrogens (tertiary/aromatic N) is 2. The molecule has 0 amide bonds. The Labute approximate surface area is 115 Å². The Morgan fingerprint density at radius 2 is 1.89 bits per heavy atom. The average molecular weight is 257 g/mol. The van der Waals surface area contributed by atoms with Gasteiger partial charge in [-0.2, -0.15) is 5.10 Å². The molecule has 0 fully saturated rings. The maximum Gasteiger partial charge on any atom is 0.0492 e. The maximum atomic E-state index is 6.47. The summed E-state index contributed by atoms with van der Waals surface area (Å²) in [5.41, 5.74) is 9.95. The van der Waals surface area contributed by atoms with E-state index in [0.717, 1.165) is 19.3 Å². The summed E-state index contributed by atoms with van der Waals surface area (Å²) in [6.07, 6.45) is 4.76. The SMILES string of the molecule is CCc1ccc(C(C)(N)CCc2ccnn2C)cc1. The van der Waals surface area contributed by atoms with Crippen molar-refractivity contribution in [3.8, 4) is 0 Å². The van der Waals surface area contributed by atoms with E-state index in [1.54, 1.807) is 0 Å². The first-order valence-corrected chi connectivity index (χ1v) is 6.88. The van der Waals surface area contributed by atoms with Crippen LogP contribution in [0.15, 0.2) is 36.5 Å². The first-order chi connectivity index (χ1) is 9.03. The fourth-order valence-electron chi connectivity index (χ4n) is 2.30. The summed E-state index contributed by atoms with van der Waals surface area (Å²) >= 11 is 0. The molecular formula is C16H23N3. The zero-order valence-electron chi connectivity index (χ0n) is 12.1. The minimum absolute atomic E-state index is 0.295. The van der Waals surface area contributed by atoms with Gasteiger partial charge in [0.15, 0.2) is 0 Å². The van der Waals surface area contributed by atoms with E-state index in [1.165, 1.54) is 16.8 Å². The standard InChI is InChI=1S/C16H23N3/c1-4-13-5-7-14(8-6-13)16(2,17)11-9-15-10-12-18-19(15)3/h5-8,10,12H,4,9,11,17H2,1-3H3. The van der Waals surface area contributed by atoms with Crippen molar-refractivity contribution in [3.05, 3.63) is 53.3 Å². The van der Waals surface area contributed by atoms with Gasteiger partial charge in [-0.3, -0.25) is 4.68 Å². The lowest BCUT2D eigenvalue weighted by atomic mass is 9.87. The molecular weight excluding hydrogens is 234 g/mol. The smallest absolute Gasteiger partial charge is 0.0492 e. The van der Waals surface area contributed by atoms with Gasteiger partial charge < -0.3 is 5.73 Å². The van der Waals surface area contributed by atoms with Gasteiger partial charge in [0.1, 0.15) is 0 Å². The highest BCUT2D eigenvalue weighted by molar-refractivity contribution is 5.28. The summed E-state index contributed by atoms with van der Waals surface area (Å²) < 4.78 is 1.91.